The maximum Gasteiger partial charge on any atom is 0.426 e. The summed E-state index contributed by atoms with van der Waals surface area (Å²) >= 11 is 0. The average molecular weight is 453 g/mol. The molecule has 1 aromatic heterocycles. The summed E-state index contributed by atoms with van der Waals surface area (Å²) in [5.74, 6) is -3.42. The van der Waals surface area contributed by atoms with Crippen molar-refractivity contribution in [2.75, 3.05) is 5.43 Å². The number of aromatic nitrogens is 1. The van der Waals surface area contributed by atoms with Crippen molar-refractivity contribution in [1.29, 1.82) is 0 Å². The van der Waals surface area contributed by atoms with Gasteiger partial charge in [-0.2, -0.15) is 5.48 Å². The zero-order valence-corrected chi connectivity index (χ0v) is 19.0. The number of hydroxylamine groups is 1. The largest absolute Gasteiger partial charge is 0.480 e. The Hall–Kier alpha value is -3.41. The third-order valence-corrected chi connectivity index (χ3v) is 4.10. The molecule has 0 aliphatic rings. The average Bonchev–Trinajstić information content (AvgIpc) is 2.66. The van der Waals surface area contributed by atoms with Crippen molar-refractivity contribution in [3.63, 3.8) is 0 Å². The second kappa shape index (κ2) is 10.8. The monoisotopic (exact) mass is 453 g/mol. The molecular formula is C20H31N5O7. The number of carboxylic acids is 1. The number of amides is 2. The van der Waals surface area contributed by atoms with Crippen molar-refractivity contribution in [2.45, 2.75) is 59.6 Å². The number of ether oxygens (including phenoxy) is 1. The van der Waals surface area contributed by atoms with Crippen LogP contribution in [0.2, 0.25) is 0 Å². The fraction of sp³-hybridized carbons (Fsp3) is 0.550. The molecule has 0 aliphatic heterocycles. The highest BCUT2D eigenvalue weighted by molar-refractivity contribution is 5.94. The van der Waals surface area contributed by atoms with Crippen LogP contribution < -0.4 is 22.1 Å². The van der Waals surface area contributed by atoms with Crippen molar-refractivity contribution >= 4 is 29.8 Å². The van der Waals surface area contributed by atoms with E-state index in [0.29, 0.717) is 0 Å². The summed E-state index contributed by atoms with van der Waals surface area (Å²) in [7, 11) is 0. The second-order valence-electron chi connectivity index (χ2n) is 9.14. The van der Waals surface area contributed by atoms with E-state index in [1.807, 2.05) is 5.48 Å². The Labute approximate surface area is 186 Å². The summed E-state index contributed by atoms with van der Waals surface area (Å²) < 4.78 is 5.06. The van der Waals surface area contributed by atoms with E-state index < -0.39 is 46.9 Å². The van der Waals surface area contributed by atoms with Gasteiger partial charge in [0.05, 0.1) is 11.5 Å². The van der Waals surface area contributed by atoms with E-state index in [-0.39, 0.29) is 17.8 Å². The van der Waals surface area contributed by atoms with Crippen molar-refractivity contribution in [1.82, 2.24) is 15.9 Å². The number of aliphatic carboxylic acids is 1. The van der Waals surface area contributed by atoms with Crippen LogP contribution in [0.1, 0.15) is 58.3 Å². The first-order valence-corrected chi connectivity index (χ1v) is 9.80. The lowest BCUT2D eigenvalue weighted by molar-refractivity contribution is -0.159. The molecule has 12 nitrogen and oxygen atoms in total. The van der Waals surface area contributed by atoms with E-state index >= 15 is 0 Å². The summed E-state index contributed by atoms with van der Waals surface area (Å²) in [6, 6.07) is 1.55. The van der Waals surface area contributed by atoms with Crippen LogP contribution in [0, 0.1) is 11.3 Å². The van der Waals surface area contributed by atoms with Crippen molar-refractivity contribution in [3.8, 4) is 0 Å². The summed E-state index contributed by atoms with van der Waals surface area (Å²) in [6.45, 7) is 10.3. The Bertz CT molecular complexity index is 828. The first kappa shape index (κ1) is 26.6. The highest BCUT2D eigenvalue weighted by Crippen LogP contribution is 2.30. The quantitative estimate of drug-likeness (QED) is 0.380. The zero-order chi connectivity index (χ0) is 24.7. The number of hydrazine groups is 1. The third kappa shape index (κ3) is 9.16. The highest BCUT2D eigenvalue weighted by atomic mass is 16.7. The number of carbonyl (C=O) groups excluding carboxylic acids is 3. The fourth-order valence-electron chi connectivity index (χ4n) is 2.41. The van der Waals surface area contributed by atoms with E-state index in [1.165, 1.54) is 18.3 Å². The molecule has 178 valence electrons. The molecule has 0 radical (unpaired) electrons. The molecule has 12 heteroatoms. The summed E-state index contributed by atoms with van der Waals surface area (Å²) in [5.41, 5.74) is 11.2. The Morgan fingerprint density at radius 2 is 1.75 bits per heavy atom. The topological polar surface area (TPSA) is 182 Å². The first-order chi connectivity index (χ1) is 14.6. The molecule has 2 atom stereocenters. The molecule has 1 unspecified atom stereocenters. The van der Waals surface area contributed by atoms with Crippen LogP contribution in [0.3, 0.4) is 0 Å². The predicted molar refractivity (Wildman–Crippen MR) is 114 cm³/mol. The maximum absolute atomic E-state index is 12.4. The molecule has 32 heavy (non-hydrogen) atoms. The van der Waals surface area contributed by atoms with E-state index in [4.69, 9.17) is 20.4 Å². The molecular weight excluding hydrogens is 422 g/mol. The molecule has 0 bridgehead atoms. The zero-order valence-electron chi connectivity index (χ0n) is 19.0. The molecule has 1 rings (SSSR count). The van der Waals surface area contributed by atoms with E-state index in [0.717, 1.165) is 0 Å². The van der Waals surface area contributed by atoms with Crippen LogP contribution in [-0.2, 0) is 19.2 Å². The van der Waals surface area contributed by atoms with Crippen LogP contribution in [0.5, 0.6) is 0 Å². The van der Waals surface area contributed by atoms with Gasteiger partial charge in [0, 0.05) is 6.20 Å². The van der Waals surface area contributed by atoms with Gasteiger partial charge in [-0.1, -0.05) is 20.8 Å². The minimum atomic E-state index is -1.25. The number of hydrogen-bond acceptors (Lipinski definition) is 9. The lowest BCUT2D eigenvalue weighted by Gasteiger charge is -2.29. The Morgan fingerprint density at radius 1 is 1.12 bits per heavy atom. The van der Waals surface area contributed by atoms with Crippen LogP contribution in [-0.4, -0.2) is 45.7 Å². The van der Waals surface area contributed by atoms with Gasteiger partial charge in [0.25, 0.3) is 5.91 Å². The molecule has 1 aromatic rings. The molecule has 0 aliphatic carbocycles. The fourth-order valence-corrected chi connectivity index (χ4v) is 2.41. The van der Waals surface area contributed by atoms with E-state index in [2.05, 4.69) is 15.8 Å². The maximum atomic E-state index is 12.4. The van der Waals surface area contributed by atoms with Crippen molar-refractivity contribution in [2.24, 2.45) is 17.1 Å². The molecule has 0 spiro atoms. The number of pyridine rings is 1. The number of nitrogens with one attached hydrogen (secondary N) is 3. The minimum absolute atomic E-state index is 0.0789. The minimum Gasteiger partial charge on any atom is -0.480 e. The lowest BCUT2D eigenvalue weighted by atomic mass is 9.77. The molecule has 1 heterocycles. The van der Waals surface area contributed by atoms with Crippen molar-refractivity contribution in [3.05, 3.63) is 23.9 Å². The highest BCUT2D eigenvalue weighted by Gasteiger charge is 2.36. The molecule has 0 saturated carbocycles. The Morgan fingerprint density at radius 3 is 2.22 bits per heavy atom. The first-order valence-electron chi connectivity index (χ1n) is 9.80. The number of carbonyl (C=O) groups is 4. The van der Waals surface area contributed by atoms with Crippen molar-refractivity contribution < 1.29 is 33.9 Å². The van der Waals surface area contributed by atoms with E-state index in [9.17, 15) is 19.2 Å². The van der Waals surface area contributed by atoms with Gasteiger partial charge in [0.2, 0.25) is 0 Å². The number of anilines is 1. The molecule has 0 fully saturated rings. The summed E-state index contributed by atoms with van der Waals surface area (Å²) in [4.78, 5) is 56.1. The van der Waals surface area contributed by atoms with Gasteiger partial charge in [-0.05, 0) is 44.7 Å². The lowest BCUT2D eigenvalue weighted by Crippen LogP contribution is -2.41. The predicted octanol–water partition coefficient (Wildman–Crippen LogP) is 1.59. The smallest absolute Gasteiger partial charge is 0.426 e. The summed E-state index contributed by atoms with van der Waals surface area (Å²) in [5, 5.41) is 9.00. The van der Waals surface area contributed by atoms with Crippen LogP contribution in [0.4, 0.5) is 10.6 Å². The standard InChI is InChI=1S/C20H31N5O7/c1-19(2,3)12(9-13(21)16(27)28)17(29)32-25-15(26)11-7-8-14(22-10-11)23-24-18(30)31-20(4,5)6/h7-8,10,12-13H,9,21H2,1-6H3,(H,22,23)(H,24,30)(H,25,26)(H,27,28)/t12?,13-/m0/s1. The van der Waals surface area contributed by atoms with E-state index in [1.54, 1.807) is 41.5 Å². The number of nitrogens with zero attached hydrogens (tertiary/aromatic N) is 1. The van der Waals surface area contributed by atoms with Gasteiger partial charge in [-0.25, -0.2) is 20.0 Å². The van der Waals surface area contributed by atoms with Gasteiger partial charge >= 0.3 is 18.0 Å². The van der Waals surface area contributed by atoms with Gasteiger partial charge in [0.1, 0.15) is 17.5 Å². The van der Waals surface area contributed by atoms with Gasteiger partial charge in [0.15, 0.2) is 0 Å². The molecule has 6 N–H and O–H groups in total. The normalized spacial score (nSPS) is 13.3. The van der Waals surface area contributed by atoms with Gasteiger partial charge < -0.3 is 20.4 Å². The van der Waals surface area contributed by atoms with Gasteiger partial charge in [-0.15, -0.1) is 0 Å². The number of nitrogens with two attached hydrogens (primary N) is 1. The Kier molecular flexibility index (Phi) is 8.95. The summed E-state index contributed by atoms with van der Waals surface area (Å²) in [6.07, 6.45) is 0.341. The molecule has 0 aromatic carbocycles. The third-order valence-electron chi connectivity index (χ3n) is 4.10. The number of carboxylic acid groups (broad SMARTS) is 1. The molecule has 2 amide bonds. The van der Waals surface area contributed by atoms with Crippen LogP contribution in [0.15, 0.2) is 18.3 Å². The van der Waals surface area contributed by atoms with Crippen LogP contribution >= 0.6 is 0 Å². The Balaban J connectivity index is 2.65. The molecule has 0 saturated heterocycles. The van der Waals surface area contributed by atoms with Gasteiger partial charge in [-0.3, -0.25) is 15.0 Å². The number of rotatable bonds is 7. The number of hydrogen-bond donors (Lipinski definition) is 5. The van der Waals surface area contributed by atoms with Crippen LogP contribution in [0.25, 0.3) is 0 Å². The second-order valence-corrected chi connectivity index (χ2v) is 9.14. The SMILES string of the molecule is CC(C)(C)OC(=O)NNc1ccc(C(=O)NOC(=O)C(C[C@H](N)C(=O)O)C(C)(C)C)cn1.